The molecule has 2 N–H and O–H groups in total. The average molecular weight is 329 g/mol. The van der Waals surface area contributed by atoms with Gasteiger partial charge in [-0.05, 0) is 42.0 Å². The molecule has 0 aliphatic rings. The van der Waals surface area contributed by atoms with E-state index in [1.807, 2.05) is 13.8 Å². The Morgan fingerprint density at radius 2 is 1.96 bits per heavy atom. The normalized spacial score (nSPS) is 13.1. The molecule has 1 amide bonds. The van der Waals surface area contributed by atoms with Gasteiger partial charge < -0.3 is 10.4 Å². The summed E-state index contributed by atoms with van der Waals surface area (Å²) in [4.78, 5) is 11.9. The van der Waals surface area contributed by atoms with Gasteiger partial charge >= 0.3 is 6.18 Å². The predicted molar refractivity (Wildman–Crippen MR) is 83.6 cm³/mol. The highest BCUT2D eigenvalue weighted by Crippen LogP contribution is 2.30. The number of rotatable bonds is 6. The molecule has 0 aromatic heterocycles. The third kappa shape index (κ3) is 6.44. The fraction of sp³-hybridized carbons (Fsp3) is 0.471. The molecule has 0 spiro atoms. The Hall–Kier alpha value is -1.82. The monoisotopic (exact) mass is 329 g/mol. The Morgan fingerprint density at radius 1 is 1.30 bits per heavy atom. The van der Waals surface area contributed by atoms with E-state index in [1.54, 1.807) is 6.92 Å². The fourth-order valence-corrected chi connectivity index (χ4v) is 1.99. The van der Waals surface area contributed by atoms with Crippen LogP contribution in [0.2, 0.25) is 0 Å². The van der Waals surface area contributed by atoms with E-state index in [4.69, 9.17) is 5.11 Å². The number of hydrogen-bond acceptors (Lipinski definition) is 2. The van der Waals surface area contributed by atoms with Crippen LogP contribution in [0, 0.1) is 5.41 Å². The molecular formula is C17H22F3NO2. The number of carbonyl (C=O) groups is 1. The van der Waals surface area contributed by atoms with Crippen LogP contribution in [-0.2, 0) is 11.0 Å². The predicted octanol–water partition coefficient (Wildman–Crippen LogP) is 3.63. The van der Waals surface area contributed by atoms with E-state index >= 15 is 0 Å². The lowest BCUT2D eigenvalue weighted by molar-refractivity contribution is -0.137. The van der Waals surface area contributed by atoms with Crippen LogP contribution in [0.4, 0.5) is 13.2 Å². The van der Waals surface area contributed by atoms with Gasteiger partial charge in [0.25, 0.3) is 0 Å². The second-order valence-electron chi connectivity index (χ2n) is 6.26. The summed E-state index contributed by atoms with van der Waals surface area (Å²) in [6.45, 7) is 5.81. The zero-order chi connectivity index (χ0) is 17.7. The van der Waals surface area contributed by atoms with Crippen molar-refractivity contribution >= 4 is 11.5 Å². The summed E-state index contributed by atoms with van der Waals surface area (Å²) in [5.74, 6) is -0.370. The van der Waals surface area contributed by atoms with Crippen LogP contribution in [0.1, 0.15) is 38.3 Å². The van der Waals surface area contributed by atoms with Crippen molar-refractivity contribution in [2.45, 2.75) is 33.4 Å². The maximum Gasteiger partial charge on any atom is 0.416 e. The molecule has 1 rings (SSSR count). The summed E-state index contributed by atoms with van der Waals surface area (Å²) >= 11 is 0. The molecule has 1 aromatic rings. The maximum absolute atomic E-state index is 12.7. The Kier molecular flexibility index (Phi) is 6.38. The lowest BCUT2D eigenvalue weighted by atomic mass is 9.90. The summed E-state index contributed by atoms with van der Waals surface area (Å²) < 4.78 is 38.1. The minimum atomic E-state index is -4.41. The molecule has 3 nitrogen and oxygen atoms in total. The van der Waals surface area contributed by atoms with Gasteiger partial charge in [0.2, 0.25) is 5.91 Å². The van der Waals surface area contributed by atoms with E-state index in [2.05, 4.69) is 5.32 Å². The summed E-state index contributed by atoms with van der Waals surface area (Å²) in [6.07, 6.45) is -2.58. The first kappa shape index (κ1) is 19.2. The number of aliphatic hydroxyl groups is 1. The zero-order valence-corrected chi connectivity index (χ0v) is 13.5. The first-order chi connectivity index (χ1) is 10.5. The smallest absolute Gasteiger partial charge is 0.396 e. The largest absolute Gasteiger partial charge is 0.416 e. The van der Waals surface area contributed by atoms with Gasteiger partial charge in [-0.25, -0.2) is 0 Å². The number of aliphatic hydroxyl groups excluding tert-OH is 1. The molecule has 0 saturated carbocycles. The van der Waals surface area contributed by atoms with Crippen LogP contribution >= 0.6 is 0 Å². The molecule has 128 valence electrons. The molecule has 0 saturated heterocycles. The van der Waals surface area contributed by atoms with E-state index in [1.165, 1.54) is 18.2 Å². The zero-order valence-electron chi connectivity index (χ0n) is 13.5. The highest BCUT2D eigenvalue weighted by molar-refractivity contribution is 5.94. The fourth-order valence-electron chi connectivity index (χ4n) is 1.99. The van der Waals surface area contributed by atoms with Crippen molar-refractivity contribution < 1.29 is 23.1 Å². The summed E-state index contributed by atoms with van der Waals surface area (Å²) in [5, 5.41) is 11.6. The summed E-state index contributed by atoms with van der Waals surface area (Å²) in [5.41, 5.74) is -0.187. The Bertz CT molecular complexity index is 577. The van der Waals surface area contributed by atoms with Crippen molar-refractivity contribution in [1.29, 1.82) is 0 Å². The van der Waals surface area contributed by atoms with Gasteiger partial charge in [-0.15, -0.1) is 0 Å². The molecular weight excluding hydrogens is 307 g/mol. The number of halogens is 3. The number of hydrogen-bond donors (Lipinski definition) is 2. The molecule has 0 unspecified atom stereocenters. The molecule has 0 aliphatic heterocycles. The van der Waals surface area contributed by atoms with Gasteiger partial charge in [0, 0.05) is 19.2 Å². The molecule has 0 aliphatic carbocycles. The van der Waals surface area contributed by atoms with Crippen molar-refractivity contribution in [3.63, 3.8) is 0 Å². The van der Waals surface area contributed by atoms with Crippen molar-refractivity contribution in [1.82, 2.24) is 5.32 Å². The topological polar surface area (TPSA) is 49.3 Å². The lowest BCUT2D eigenvalue weighted by Gasteiger charge is -2.23. The van der Waals surface area contributed by atoms with E-state index in [0.717, 1.165) is 12.1 Å². The number of nitrogens with one attached hydrogen (secondary N) is 1. The number of amides is 1. The van der Waals surface area contributed by atoms with Gasteiger partial charge in [0.05, 0.1) is 5.56 Å². The van der Waals surface area contributed by atoms with Crippen LogP contribution in [0.3, 0.4) is 0 Å². The van der Waals surface area contributed by atoms with E-state index in [-0.39, 0.29) is 17.9 Å². The Labute approximate surface area is 134 Å². The Morgan fingerprint density at radius 3 is 2.52 bits per heavy atom. The lowest BCUT2D eigenvalue weighted by Crippen LogP contribution is -2.33. The molecule has 23 heavy (non-hydrogen) atoms. The minimum absolute atomic E-state index is 0.0297. The number of carbonyl (C=O) groups excluding carboxylic acids is 1. The highest BCUT2D eigenvalue weighted by atomic mass is 19.4. The molecule has 0 fully saturated rings. The third-order valence-corrected chi connectivity index (χ3v) is 3.52. The number of benzene rings is 1. The molecule has 0 heterocycles. The van der Waals surface area contributed by atoms with Crippen molar-refractivity contribution in [3.05, 3.63) is 41.5 Å². The molecule has 1 aromatic carbocycles. The van der Waals surface area contributed by atoms with Crippen LogP contribution < -0.4 is 5.32 Å². The average Bonchev–Trinajstić information content (AvgIpc) is 2.44. The molecule has 0 atom stereocenters. The standard InChI is InChI=1S/C17H22F3NO2/c1-12(9-15(23)21-11-16(2,3)7-8-22)13-5-4-6-14(10-13)17(18,19)20/h4-6,9-10,22H,7-8,11H2,1-3H3,(H,21,23)/b12-9-. The molecule has 6 heteroatoms. The van der Waals surface area contributed by atoms with Crippen LogP contribution in [0.25, 0.3) is 5.57 Å². The number of allylic oxidation sites excluding steroid dienone is 1. The van der Waals surface area contributed by atoms with Crippen LogP contribution in [-0.4, -0.2) is 24.2 Å². The minimum Gasteiger partial charge on any atom is -0.396 e. The van der Waals surface area contributed by atoms with Crippen molar-refractivity contribution in [2.75, 3.05) is 13.2 Å². The van der Waals surface area contributed by atoms with Crippen LogP contribution in [0.15, 0.2) is 30.3 Å². The van der Waals surface area contributed by atoms with E-state index < -0.39 is 11.7 Å². The highest BCUT2D eigenvalue weighted by Gasteiger charge is 2.30. The van der Waals surface area contributed by atoms with Crippen LogP contribution in [0.5, 0.6) is 0 Å². The summed E-state index contributed by atoms with van der Waals surface area (Å²) in [7, 11) is 0. The van der Waals surface area contributed by atoms with Gasteiger partial charge in [-0.1, -0.05) is 26.0 Å². The first-order valence-electron chi connectivity index (χ1n) is 7.30. The van der Waals surface area contributed by atoms with E-state index in [0.29, 0.717) is 24.1 Å². The van der Waals surface area contributed by atoms with E-state index in [9.17, 15) is 18.0 Å². The van der Waals surface area contributed by atoms with Gasteiger partial charge in [0.1, 0.15) is 0 Å². The first-order valence-corrected chi connectivity index (χ1v) is 7.30. The molecule has 0 radical (unpaired) electrons. The maximum atomic E-state index is 12.7. The summed E-state index contributed by atoms with van der Waals surface area (Å²) in [6, 6.07) is 4.87. The van der Waals surface area contributed by atoms with Crippen molar-refractivity contribution in [2.24, 2.45) is 5.41 Å². The Balaban J connectivity index is 2.79. The third-order valence-electron chi connectivity index (χ3n) is 3.52. The SMILES string of the molecule is C/C(=C/C(=O)NCC(C)(C)CCO)c1cccc(C(F)(F)F)c1. The van der Waals surface area contributed by atoms with Gasteiger partial charge in [-0.2, -0.15) is 13.2 Å². The quantitative estimate of drug-likeness (QED) is 0.783. The molecule has 0 bridgehead atoms. The van der Waals surface area contributed by atoms with Gasteiger partial charge in [0.15, 0.2) is 0 Å². The van der Waals surface area contributed by atoms with Gasteiger partial charge in [-0.3, -0.25) is 4.79 Å². The second kappa shape index (κ2) is 7.64. The number of alkyl halides is 3. The second-order valence-corrected chi connectivity index (χ2v) is 6.26. The van der Waals surface area contributed by atoms with Crippen molar-refractivity contribution in [3.8, 4) is 0 Å².